The summed E-state index contributed by atoms with van der Waals surface area (Å²) in [5.41, 5.74) is 2.71. The van der Waals surface area contributed by atoms with Crippen LogP contribution in [-0.4, -0.2) is 49.4 Å². The Morgan fingerprint density at radius 3 is 2.58 bits per heavy atom. The highest BCUT2D eigenvalue weighted by Crippen LogP contribution is 2.20. The normalized spacial score (nSPS) is 11.1. The molecular weight excluding hydrogens is 421 g/mol. The van der Waals surface area contributed by atoms with Crippen LogP contribution in [0, 0.1) is 5.82 Å². The quantitative estimate of drug-likeness (QED) is 0.406. The van der Waals surface area contributed by atoms with Crippen LogP contribution in [-0.2, 0) is 13.0 Å². The number of aromatic nitrogens is 1. The maximum Gasteiger partial charge on any atom is 0.253 e. The molecule has 0 spiro atoms. The number of pyridine rings is 1. The number of nitrogens with zero attached hydrogens (tertiary/aromatic N) is 3. The largest absolute Gasteiger partial charge is 0.439 e. The van der Waals surface area contributed by atoms with E-state index in [-0.39, 0.29) is 11.7 Å². The predicted molar refractivity (Wildman–Crippen MR) is 127 cm³/mol. The highest BCUT2D eigenvalue weighted by Gasteiger charge is 2.08. The Balaban J connectivity index is 1.49. The Bertz CT molecular complexity index is 1100. The molecule has 0 aliphatic heterocycles. The van der Waals surface area contributed by atoms with Gasteiger partial charge in [0, 0.05) is 52.1 Å². The highest BCUT2D eigenvalue weighted by molar-refractivity contribution is 5.94. The van der Waals surface area contributed by atoms with Crippen molar-refractivity contribution < 1.29 is 13.9 Å². The number of hydrogen-bond donors (Lipinski definition) is 2. The summed E-state index contributed by atoms with van der Waals surface area (Å²) in [6, 6.07) is 17.1. The van der Waals surface area contributed by atoms with Gasteiger partial charge in [0.15, 0.2) is 5.96 Å². The average Bonchev–Trinajstić information content (AvgIpc) is 2.82. The lowest BCUT2D eigenvalue weighted by Crippen LogP contribution is -2.37. The van der Waals surface area contributed by atoms with Crippen LogP contribution in [0.3, 0.4) is 0 Å². The minimum absolute atomic E-state index is 0.0117. The second-order valence-electron chi connectivity index (χ2n) is 7.56. The van der Waals surface area contributed by atoms with Crippen molar-refractivity contribution in [3.63, 3.8) is 0 Å². The fraction of sp³-hybridized carbons (Fsp3) is 0.240. The standard InChI is InChI=1S/C25H28FN5O2/c1-27-25(29-14-11-18-5-4-6-20(15-18)24(32)31(2)3)30-17-19-12-13-28-23(16-19)33-22-9-7-21(26)8-10-22/h4-10,12-13,15-16H,11,14,17H2,1-3H3,(H2,27,29,30). The van der Waals surface area contributed by atoms with E-state index in [0.29, 0.717) is 36.2 Å². The number of halogens is 1. The van der Waals surface area contributed by atoms with E-state index in [9.17, 15) is 9.18 Å². The summed E-state index contributed by atoms with van der Waals surface area (Å²) in [6.07, 6.45) is 2.41. The van der Waals surface area contributed by atoms with Gasteiger partial charge < -0.3 is 20.3 Å². The minimum atomic E-state index is -0.318. The molecule has 3 aromatic rings. The van der Waals surface area contributed by atoms with Crippen LogP contribution < -0.4 is 15.4 Å². The lowest BCUT2D eigenvalue weighted by atomic mass is 10.1. The van der Waals surface area contributed by atoms with E-state index >= 15 is 0 Å². The van der Waals surface area contributed by atoms with E-state index < -0.39 is 0 Å². The van der Waals surface area contributed by atoms with E-state index in [1.54, 1.807) is 44.4 Å². The third-order valence-electron chi connectivity index (χ3n) is 4.81. The number of aliphatic imine (C=N–C) groups is 1. The first kappa shape index (κ1) is 23.7. The Morgan fingerprint density at radius 1 is 1.06 bits per heavy atom. The third kappa shape index (κ3) is 7.31. The Hall–Kier alpha value is -3.94. The second kappa shape index (κ2) is 11.6. The molecule has 0 atom stereocenters. The Kier molecular flexibility index (Phi) is 8.35. The fourth-order valence-electron chi connectivity index (χ4n) is 3.09. The molecule has 1 heterocycles. The van der Waals surface area contributed by atoms with E-state index in [2.05, 4.69) is 20.6 Å². The van der Waals surface area contributed by atoms with E-state index in [1.165, 1.54) is 12.1 Å². The van der Waals surface area contributed by atoms with Gasteiger partial charge in [-0.2, -0.15) is 0 Å². The maximum atomic E-state index is 13.1. The molecule has 1 amide bonds. The summed E-state index contributed by atoms with van der Waals surface area (Å²) >= 11 is 0. The van der Waals surface area contributed by atoms with Gasteiger partial charge in [-0.3, -0.25) is 9.79 Å². The molecule has 0 fully saturated rings. The molecule has 0 saturated heterocycles. The molecule has 0 aliphatic rings. The predicted octanol–water partition coefficient (Wildman–Crippen LogP) is 3.62. The molecule has 2 N–H and O–H groups in total. The number of carbonyl (C=O) groups is 1. The smallest absolute Gasteiger partial charge is 0.253 e. The fourth-order valence-corrected chi connectivity index (χ4v) is 3.09. The zero-order valence-corrected chi connectivity index (χ0v) is 19.0. The molecule has 3 rings (SSSR count). The first-order chi connectivity index (χ1) is 15.9. The maximum absolute atomic E-state index is 13.1. The van der Waals surface area contributed by atoms with E-state index in [1.807, 2.05) is 36.4 Å². The lowest BCUT2D eigenvalue weighted by molar-refractivity contribution is 0.0827. The minimum Gasteiger partial charge on any atom is -0.439 e. The van der Waals surface area contributed by atoms with Crippen molar-refractivity contribution in [1.82, 2.24) is 20.5 Å². The van der Waals surface area contributed by atoms with Crippen LogP contribution in [0.25, 0.3) is 0 Å². The number of amides is 1. The first-order valence-electron chi connectivity index (χ1n) is 10.6. The number of benzene rings is 2. The van der Waals surface area contributed by atoms with E-state index in [4.69, 9.17) is 4.74 Å². The number of nitrogens with one attached hydrogen (secondary N) is 2. The van der Waals surface area contributed by atoms with E-state index in [0.717, 1.165) is 17.5 Å². The summed E-state index contributed by atoms with van der Waals surface area (Å²) in [7, 11) is 5.20. The molecule has 1 aromatic heterocycles. The molecular formula is C25H28FN5O2. The topological polar surface area (TPSA) is 78.9 Å². The van der Waals surface area contributed by atoms with Crippen molar-refractivity contribution in [3.05, 3.63) is 89.4 Å². The zero-order chi connectivity index (χ0) is 23.6. The third-order valence-corrected chi connectivity index (χ3v) is 4.81. The van der Waals surface area contributed by atoms with Crippen molar-refractivity contribution in [3.8, 4) is 11.6 Å². The average molecular weight is 450 g/mol. The van der Waals surface area contributed by atoms with Crippen molar-refractivity contribution in [2.45, 2.75) is 13.0 Å². The summed E-state index contributed by atoms with van der Waals surface area (Å²) in [5, 5.41) is 6.54. The van der Waals surface area contributed by atoms with Gasteiger partial charge in [0.05, 0.1) is 0 Å². The number of rotatable bonds is 8. The van der Waals surface area contributed by atoms with Gasteiger partial charge in [0.1, 0.15) is 11.6 Å². The molecule has 7 nitrogen and oxygen atoms in total. The first-order valence-corrected chi connectivity index (χ1v) is 10.6. The number of guanidine groups is 1. The molecule has 0 bridgehead atoms. The van der Waals surface area contributed by atoms with Crippen LogP contribution in [0.1, 0.15) is 21.5 Å². The summed E-state index contributed by atoms with van der Waals surface area (Å²) < 4.78 is 18.7. The van der Waals surface area contributed by atoms with Gasteiger partial charge in [-0.25, -0.2) is 9.37 Å². The van der Waals surface area contributed by atoms with Crippen molar-refractivity contribution in [2.24, 2.45) is 4.99 Å². The van der Waals surface area contributed by atoms with Gasteiger partial charge in [-0.1, -0.05) is 12.1 Å². The number of hydrogen-bond acceptors (Lipinski definition) is 4. The van der Waals surface area contributed by atoms with Crippen LogP contribution >= 0.6 is 0 Å². The summed E-state index contributed by atoms with van der Waals surface area (Å²) in [5.74, 6) is 1.27. The molecule has 0 radical (unpaired) electrons. The van der Waals surface area contributed by atoms with Crippen molar-refractivity contribution in [1.29, 1.82) is 0 Å². The molecule has 0 unspecified atom stereocenters. The van der Waals surface area contributed by atoms with Gasteiger partial charge in [0.2, 0.25) is 5.88 Å². The second-order valence-corrected chi connectivity index (χ2v) is 7.56. The molecule has 0 aliphatic carbocycles. The molecule has 172 valence electrons. The zero-order valence-electron chi connectivity index (χ0n) is 19.0. The molecule has 33 heavy (non-hydrogen) atoms. The highest BCUT2D eigenvalue weighted by atomic mass is 19.1. The van der Waals surface area contributed by atoms with Crippen molar-refractivity contribution in [2.75, 3.05) is 27.7 Å². The van der Waals surface area contributed by atoms with Crippen LogP contribution in [0.15, 0.2) is 71.9 Å². The Labute approximate surface area is 193 Å². The molecule has 0 saturated carbocycles. The summed E-state index contributed by atoms with van der Waals surface area (Å²) in [4.78, 5) is 22.2. The van der Waals surface area contributed by atoms with Crippen LogP contribution in [0.2, 0.25) is 0 Å². The number of carbonyl (C=O) groups excluding carboxylic acids is 1. The van der Waals surface area contributed by atoms with Gasteiger partial charge in [-0.15, -0.1) is 0 Å². The van der Waals surface area contributed by atoms with Crippen LogP contribution in [0.4, 0.5) is 4.39 Å². The Morgan fingerprint density at radius 2 is 1.85 bits per heavy atom. The molecule has 8 heteroatoms. The summed E-state index contributed by atoms with van der Waals surface area (Å²) in [6.45, 7) is 1.18. The monoisotopic (exact) mass is 449 g/mol. The van der Waals surface area contributed by atoms with Crippen LogP contribution in [0.5, 0.6) is 11.6 Å². The van der Waals surface area contributed by atoms with Gasteiger partial charge in [0.25, 0.3) is 5.91 Å². The lowest BCUT2D eigenvalue weighted by Gasteiger charge is -2.13. The van der Waals surface area contributed by atoms with Gasteiger partial charge in [-0.05, 0) is 60.0 Å². The SMILES string of the molecule is CN=C(NCCc1cccc(C(=O)N(C)C)c1)NCc1ccnc(Oc2ccc(F)cc2)c1. The van der Waals surface area contributed by atoms with Crippen molar-refractivity contribution >= 4 is 11.9 Å². The van der Waals surface area contributed by atoms with Gasteiger partial charge >= 0.3 is 0 Å². The number of ether oxygens (including phenoxy) is 1. The molecule has 2 aromatic carbocycles.